The van der Waals surface area contributed by atoms with Gasteiger partial charge in [0, 0.05) is 11.4 Å². The molecule has 0 unspecified atom stereocenters. The molecule has 1 atom stereocenters. The van der Waals surface area contributed by atoms with Crippen LogP contribution < -0.4 is 15.4 Å². The predicted octanol–water partition coefficient (Wildman–Crippen LogP) is 0.425. The number of hydrogen-bond acceptors (Lipinski definition) is 4. The van der Waals surface area contributed by atoms with Gasteiger partial charge in [0.05, 0.1) is 23.5 Å². The lowest BCUT2D eigenvalue weighted by atomic mass is 10.1. The summed E-state index contributed by atoms with van der Waals surface area (Å²) in [6.45, 7) is 0.590. The van der Waals surface area contributed by atoms with E-state index in [1.807, 2.05) is 5.32 Å². The second kappa shape index (κ2) is 7.77. The molecule has 2 aromatic rings. The summed E-state index contributed by atoms with van der Waals surface area (Å²) in [6.07, 6.45) is 0.773. The Kier molecular flexibility index (Phi) is 5.61. The van der Waals surface area contributed by atoms with E-state index >= 15 is 0 Å². The third kappa shape index (κ3) is 4.54. The van der Waals surface area contributed by atoms with E-state index in [9.17, 15) is 18.0 Å². The molecule has 0 spiro atoms. The van der Waals surface area contributed by atoms with E-state index in [1.165, 1.54) is 17.0 Å². The first-order chi connectivity index (χ1) is 12.8. The molecule has 3 rings (SSSR count). The van der Waals surface area contributed by atoms with Gasteiger partial charge < -0.3 is 5.32 Å². The lowest BCUT2D eigenvalue weighted by Gasteiger charge is -2.14. The highest BCUT2D eigenvalue weighted by molar-refractivity contribution is 7.89. The minimum Gasteiger partial charge on any atom is -0.335 e. The summed E-state index contributed by atoms with van der Waals surface area (Å²) in [5, 5.41) is 7.45. The van der Waals surface area contributed by atoms with Crippen LogP contribution in [0.15, 0.2) is 53.4 Å². The molecule has 1 fully saturated rings. The smallest absolute Gasteiger partial charge is 0.292 e. The number of carbonyl (C=O) groups is 2. The summed E-state index contributed by atoms with van der Waals surface area (Å²) < 4.78 is 22.5. The van der Waals surface area contributed by atoms with Gasteiger partial charge >= 0.3 is 0 Å². The number of imide groups is 1. The first kappa shape index (κ1) is 19.5. The quantitative estimate of drug-likeness (QED) is 0.674. The Morgan fingerprint density at radius 2 is 1.70 bits per heavy atom. The highest BCUT2D eigenvalue weighted by Crippen LogP contribution is 2.23. The summed E-state index contributed by atoms with van der Waals surface area (Å²) >= 11 is 5.85. The van der Waals surface area contributed by atoms with Gasteiger partial charge in [0.2, 0.25) is 15.9 Å². The molecule has 1 aliphatic rings. The number of benzene rings is 2. The minimum absolute atomic E-state index is 0.0606. The molecule has 1 heterocycles. The fraction of sp³-hybridized carbons (Fsp3) is 0.222. The van der Waals surface area contributed by atoms with E-state index in [1.54, 1.807) is 36.4 Å². The van der Waals surface area contributed by atoms with Crippen molar-refractivity contribution in [2.24, 2.45) is 5.14 Å². The number of nitrogens with two attached hydrogens (primary N) is 2. The number of carbonyl (C=O) groups excluding carboxylic acids is 2. The lowest BCUT2D eigenvalue weighted by Crippen LogP contribution is -2.92. The van der Waals surface area contributed by atoms with Crippen LogP contribution in [0.3, 0.4) is 0 Å². The van der Waals surface area contributed by atoms with Crippen molar-refractivity contribution >= 4 is 39.1 Å². The van der Waals surface area contributed by atoms with Gasteiger partial charge in [0.25, 0.3) is 5.91 Å². The second-order valence-corrected chi connectivity index (χ2v) is 8.32. The molecular formula is C18H19ClN3O4S+. The van der Waals surface area contributed by atoms with Crippen molar-refractivity contribution in [2.45, 2.75) is 23.8 Å². The SMILES string of the molecule is NS(=O)(=O)c1ccc(CC[NH2+][C@H]2CC(=O)N(c3ccc(Cl)cc3)C2=O)cc1. The number of primary sulfonamides is 1. The zero-order chi connectivity index (χ0) is 19.6. The number of amides is 2. The van der Waals surface area contributed by atoms with E-state index in [4.69, 9.17) is 16.7 Å². The van der Waals surface area contributed by atoms with Gasteiger partial charge in [-0.25, -0.2) is 18.5 Å². The van der Waals surface area contributed by atoms with Gasteiger partial charge in [0.15, 0.2) is 6.04 Å². The first-order valence-electron chi connectivity index (χ1n) is 8.33. The maximum absolute atomic E-state index is 12.6. The zero-order valence-electron chi connectivity index (χ0n) is 14.3. The van der Waals surface area contributed by atoms with E-state index in [0.29, 0.717) is 23.7 Å². The van der Waals surface area contributed by atoms with Crippen molar-refractivity contribution < 1.29 is 23.3 Å². The Morgan fingerprint density at radius 3 is 2.30 bits per heavy atom. The first-order valence-corrected chi connectivity index (χ1v) is 10.3. The van der Waals surface area contributed by atoms with Crippen molar-refractivity contribution in [3.8, 4) is 0 Å². The molecule has 142 valence electrons. The van der Waals surface area contributed by atoms with Gasteiger partial charge in [-0.15, -0.1) is 0 Å². The number of sulfonamides is 1. The molecule has 27 heavy (non-hydrogen) atoms. The molecule has 7 nitrogen and oxygen atoms in total. The standard InChI is InChI=1S/C18H18ClN3O4S/c19-13-3-5-14(6-4-13)22-17(23)11-16(18(22)24)21-10-9-12-1-7-15(8-2-12)27(20,25)26/h1-8,16,21H,9-11H2,(H2,20,25,26)/p+1/t16-/m0/s1. The Morgan fingerprint density at radius 1 is 1.07 bits per heavy atom. The van der Waals surface area contributed by atoms with Gasteiger partial charge in [-0.1, -0.05) is 23.7 Å². The molecule has 0 aromatic heterocycles. The summed E-state index contributed by atoms with van der Waals surface area (Å²) in [4.78, 5) is 26.0. The Balaban J connectivity index is 1.58. The third-order valence-electron chi connectivity index (χ3n) is 4.40. The fourth-order valence-electron chi connectivity index (χ4n) is 3.00. The summed E-state index contributed by atoms with van der Waals surface area (Å²) in [5.41, 5.74) is 1.44. The van der Waals surface area contributed by atoms with Gasteiger partial charge in [-0.05, 0) is 42.0 Å². The molecule has 0 radical (unpaired) electrons. The van der Waals surface area contributed by atoms with Gasteiger partial charge in [0.1, 0.15) is 0 Å². The van der Waals surface area contributed by atoms with Crippen LogP contribution in [0.5, 0.6) is 0 Å². The van der Waals surface area contributed by atoms with Crippen LogP contribution in [0.25, 0.3) is 0 Å². The molecule has 2 amide bonds. The number of nitrogens with zero attached hydrogens (tertiary/aromatic N) is 1. The predicted molar refractivity (Wildman–Crippen MR) is 101 cm³/mol. The molecule has 0 bridgehead atoms. The van der Waals surface area contributed by atoms with Crippen LogP contribution in [0.2, 0.25) is 5.02 Å². The van der Waals surface area contributed by atoms with E-state index in [2.05, 4.69) is 0 Å². The monoisotopic (exact) mass is 408 g/mol. The molecule has 0 aliphatic carbocycles. The highest BCUT2D eigenvalue weighted by atomic mass is 35.5. The molecule has 1 saturated heterocycles. The molecule has 0 saturated carbocycles. The largest absolute Gasteiger partial charge is 0.335 e. The average Bonchev–Trinajstić information content (AvgIpc) is 2.89. The van der Waals surface area contributed by atoms with Crippen LogP contribution in [-0.4, -0.2) is 32.8 Å². The third-order valence-corrected chi connectivity index (χ3v) is 5.58. The topological polar surface area (TPSA) is 114 Å². The van der Waals surface area contributed by atoms with E-state index in [0.717, 1.165) is 5.56 Å². The second-order valence-electron chi connectivity index (χ2n) is 6.32. The van der Waals surface area contributed by atoms with Crippen LogP contribution in [0.1, 0.15) is 12.0 Å². The molecule has 2 aromatic carbocycles. The number of anilines is 1. The van der Waals surface area contributed by atoms with Gasteiger partial charge in [-0.3, -0.25) is 9.59 Å². The number of quaternary nitrogens is 1. The normalized spacial score (nSPS) is 17.6. The molecular weight excluding hydrogens is 390 g/mol. The Hall–Kier alpha value is -2.26. The molecule has 4 N–H and O–H groups in total. The number of halogens is 1. The minimum atomic E-state index is -3.71. The maximum atomic E-state index is 12.6. The van der Waals surface area contributed by atoms with Crippen molar-refractivity contribution in [1.29, 1.82) is 0 Å². The number of hydrogen-bond donors (Lipinski definition) is 2. The van der Waals surface area contributed by atoms with Crippen molar-refractivity contribution in [2.75, 3.05) is 11.4 Å². The number of rotatable bonds is 6. The van der Waals surface area contributed by atoms with Crippen molar-refractivity contribution in [1.82, 2.24) is 0 Å². The van der Waals surface area contributed by atoms with Crippen molar-refractivity contribution in [3.05, 3.63) is 59.1 Å². The fourth-order valence-corrected chi connectivity index (χ4v) is 3.64. The summed E-state index contributed by atoms with van der Waals surface area (Å²) in [7, 11) is -3.71. The zero-order valence-corrected chi connectivity index (χ0v) is 15.9. The van der Waals surface area contributed by atoms with E-state index in [-0.39, 0.29) is 23.1 Å². The van der Waals surface area contributed by atoms with Gasteiger partial charge in [-0.2, -0.15) is 0 Å². The van der Waals surface area contributed by atoms with E-state index < -0.39 is 16.1 Å². The average molecular weight is 409 g/mol. The van der Waals surface area contributed by atoms with Crippen molar-refractivity contribution in [3.63, 3.8) is 0 Å². The highest BCUT2D eigenvalue weighted by Gasteiger charge is 2.41. The molecule has 9 heteroatoms. The maximum Gasteiger partial charge on any atom is 0.292 e. The Bertz CT molecular complexity index is 959. The van der Waals surface area contributed by atoms with Crippen LogP contribution in [-0.2, 0) is 26.0 Å². The van der Waals surface area contributed by atoms with Crippen LogP contribution in [0.4, 0.5) is 5.69 Å². The molecule has 1 aliphatic heterocycles. The Labute approximate surface area is 162 Å². The van der Waals surface area contributed by atoms with Crippen LogP contribution >= 0.6 is 11.6 Å². The summed E-state index contributed by atoms with van der Waals surface area (Å²) in [6, 6.07) is 12.4. The van der Waals surface area contributed by atoms with Crippen LogP contribution in [0, 0.1) is 0 Å². The lowest BCUT2D eigenvalue weighted by molar-refractivity contribution is -0.674. The summed E-state index contributed by atoms with van der Waals surface area (Å²) in [5.74, 6) is -0.479.